The van der Waals surface area contributed by atoms with Crippen LogP contribution in [0, 0.1) is 12.8 Å². The Morgan fingerprint density at radius 3 is 2.31 bits per heavy atom. The molecule has 4 aromatic rings. The molecule has 2 aliphatic carbocycles. The molecule has 2 aromatic carbocycles. The first-order valence-electron chi connectivity index (χ1n) is 16.4. The second-order valence-electron chi connectivity index (χ2n) is 12.9. The molecule has 2 atom stereocenters. The van der Waals surface area contributed by atoms with Gasteiger partial charge in [-0.15, -0.1) is 0 Å². The van der Waals surface area contributed by atoms with Gasteiger partial charge in [-0.1, -0.05) is 80.3 Å². The van der Waals surface area contributed by atoms with Crippen LogP contribution >= 0.6 is 0 Å². The van der Waals surface area contributed by atoms with Crippen LogP contribution in [0.4, 0.5) is 13.2 Å². The number of aryl methyl sites for hydroxylation is 2. The summed E-state index contributed by atoms with van der Waals surface area (Å²) in [6.45, 7) is 1.85. The highest BCUT2D eigenvalue weighted by Crippen LogP contribution is 2.41. The van der Waals surface area contributed by atoms with Gasteiger partial charge in [-0.25, -0.2) is 4.98 Å². The van der Waals surface area contributed by atoms with Crippen molar-refractivity contribution < 1.29 is 23.1 Å². The summed E-state index contributed by atoms with van der Waals surface area (Å²) in [7, 11) is 0. The van der Waals surface area contributed by atoms with Gasteiger partial charge in [0.1, 0.15) is 5.65 Å². The van der Waals surface area contributed by atoms with E-state index in [0.29, 0.717) is 24.3 Å². The van der Waals surface area contributed by atoms with Crippen molar-refractivity contribution in [3.8, 4) is 0 Å². The van der Waals surface area contributed by atoms with Crippen LogP contribution in [0.3, 0.4) is 0 Å². The molecule has 0 saturated heterocycles. The van der Waals surface area contributed by atoms with Crippen molar-refractivity contribution in [2.24, 2.45) is 5.92 Å². The summed E-state index contributed by atoms with van der Waals surface area (Å²) in [5.74, 6) is -0.238. The minimum absolute atomic E-state index is 0.0811. The molecule has 2 heterocycles. The Morgan fingerprint density at radius 1 is 0.956 bits per heavy atom. The van der Waals surface area contributed by atoms with E-state index in [4.69, 9.17) is 0 Å². The molecule has 2 aliphatic rings. The van der Waals surface area contributed by atoms with Crippen LogP contribution < -0.4 is 5.32 Å². The van der Waals surface area contributed by atoms with Crippen molar-refractivity contribution >= 4 is 16.9 Å². The van der Waals surface area contributed by atoms with Crippen LogP contribution in [0.25, 0.3) is 11.0 Å². The lowest BCUT2D eigenvalue weighted by atomic mass is 9.80. The van der Waals surface area contributed by atoms with Crippen LogP contribution in [0.15, 0.2) is 60.7 Å². The Bertz CT molecular complexity index is 1620. The van der Waals surface area contributed by atoms with Crippen molar-refractivity contribution in [1.82, 2.24) is 14.9 Å². The molecule has 6 rings (SSSR count). The molecule has 0 radical (unpaired) electrons. The number of aliphatic hydroxyl groups excluding tert-OH is 1. The first kappa shape index (κ1) is 31.3. The standard InChI is InChI=1S/C37H42F3N3O2/c1-24-21-30(37(38,39)40)34-29-15-9-10-16-32(29)43(35(34)41-24)22-25-17-19-28(20-18-25)33(27-13-5-2-3-6-14-27)36(45)42-31(23-44)26-11-7-4-8-12-26/h4,7-8,11-12,17-21,27,31,33,44H,2-3,5-6,9-10,13-16,22-23H2,1H3,(H,42,45). The minimum Gasteiger partial charge on any atom is -0.394 e. The molecule has 5 nitrogen and oxygen atoms in total. The molecule has 238 valence electrons. The highest BCUT2D eigenvalue weighted by molar-refractivity contribution is 5.87. The van der Waals surface area contributed by atoms with E-state index < -0.39 is 17.8 Å². The topological polar surface area (TPSA) is 67.2 Å². The summed E-state index contributed by atoms with van der Waals surface area (Å²) in [6.07, 6.45) is 5.20. The molecule has 2 N–H and O–H groups in total. The third kappa shape index (κ3) is 6.67. The fourth-order valence-electron chi connectivity index (χ4n) is 7.60. The van der Waals surface area contributed by atoms with Gasteiger partial charge in [0.2, 0.25) is 5.91 Å². The van der Waals surface area contributed by atoms with Gasteiger partial charge >= 0.3 is 6.18 Å². The van der Waals surface area contributed by atoms with Crippen molar-refractivity contribution in [3.05, 3.63) is 99.9 Å². The maximum Gasteiger partial charge on any atom is 0.417 e. The first-order chi connectivity index (χ1) is 21.7. The lowest BCUT2D eigenvalue weighted by molar-refractivity contribution is -0.136. The molecule has 8 heteroatoms. The van der Waals surface area contributed by atoms with Crippen molar-refractivity contribution in [2.45, 2.75) is 95.8 Å². The molecule has 0 aliphatic heterocycles. The lowest BCUT2D eigenvalue weighted by Crippen LogP contribution is -2.37. The fraction of sp³-hybridized carbons (Fsp3) is 0.459. The zero-order valence-corrected chi connectivity index (χ0v) is 25.9. The third-order valence-corrected chi connectivity index (χ3v) is 9.79. The van der Waals surface area contributed by atoms with Gasteiger partial charge in [-0.05, 0) is 79.7 Å². The molecule has 1 saturated carbocycles. The maximum absolute atomic E-state index is 14.2. The highest BCUT2D eigenvalue weighted by Gasteiger charge is 2.37. The van der Waals surface area contributed by atoms with Gasteiger partial charge in [0.15, 0.2) is 0 Å². The molecule has 45 heavy (non-hydrogen) atoms. The Balaban J connectivity index is 1.32. The van der Waals surface area contributed by atoms with E-state index in [1.54, 1.807) is 6.92 Å². The smallest absolute Gasteiger partial charge is 0.394 e. The van der Waals surface area contributed by atoms with Crippen LogP contribution in [-0.2, 0) is 30.4 Å². The summed E-state index contributed by atoms with van der Waals surface area (Å²) in [4.78, 5) is 18.6. The van der Waals surface area contributed by atoms with Crippen LogP contribution in [0.5, 0.6) is 0 Å². The molecular weight excluding hydrogens is 575 g/mol. The van der Waals surface area contributed by atoms with Crippen molar-refractivity contribution in [1.29, 1.82) is 0 Å². The zero-order valence-electron chi connectivity index (χ0n) is 25.9. The van der Waals surface area contributed by atoms with Gasteiger partial charge in [0.25, 0.3) is 0 Å². The van der Waals surface area contributed by atoms with Crippen LogP contribution in [0.1, 0.15) is 103 Å². The van der Waals surface area contributed by atoms with E-state index >= 15 is 0 Å². The van der Waals surface area contributed by atoms with E-state index in [9.17, 15) is 23.1 Å². The fourth-order valence-corrected chi connectivity index (χ4v) is 7.60. The summed E-state index contributed by atoms with van der Waals surface area (Å²) < 4.78 is 44.5. The van der Waals surface area contributed by atoms with Gasteiger partial charge in [-0.3, -0.25) is 4.79 Å². The molecular formula is C37H42F3N3O2. The summed E-state index contributed by atoms with van der Waals surface area (Å²) in [5, 5.41) is 13.5. The number of nitrogens with zero attached hydrogens (tertiary/aromatic N) is 2. The number of nitrogens with one attached hydrogen (secondary N) is 1. The number of hydrogen-bond acceptors (Lipinski definition) is 3. The molecule has 2 unspecified atom stereocenters. The van der Waals surface area contributed by atoms with Gasteiger partial charge in [0.05, 0.1) is 24.1 Å². The van der Waals surface area contributed by atoms with Gasteiger partial charge < -0.3 is 15.0 Å². The van der Waals surface area contributed by atoms with E-state index in [0.717, 1.165) is 72.9 Å². The maximum atomic E-state index is 14.2. The first-order valence-corrected chi connectivity index (χ1v) is 16.4. The number of carbonyl (C=O) groups excluding carboxylic acids is 1. The summed E-state index contributed by atoms with van der Waals surface area (Å²) in [6, 6.07) is 18.3. The highest BCUT2D eigenvalue weighted by atomic mass is 19.4. The van der Waals surface area contributed by atoms with E-state index in [1.807, 2.05) is 59.2 Å². The minimum atomic E-state index is -4.45. The third-order valence-electron chi connectivity index (χ3n) is 9.79. The number of aromatic nitrogens is 2. The SMILES string of the molecule is Cc1cc(C(F)(F)F)c2c3c(n(Cc4ccc(C(C(=O)NC(CO)c5ccccc5)C5CCCCCC5)cc4)c2n1)CCCC3. The monoisotopic (exact) mass is 617 g/mol. The Kier molecular flexibility index (Phi) is 9.31. The number of aliphatic hydroxyl groups is 1. The molecule has 1 fully saturated rings. The largest absolute Gasteiger partial charge is 0.417 e. The summed E-state index contributed by atoms with van der Waals surface area (Å²) >= 11 is 0. The molecule has 0 spiro atoms. The predicted octanol–water partition coefficient (Wildman–Crippen LogP) is 8.19. The van der Waals surface area contributed by atoms with Crippen LogP contribution in [-0.4, -0.2) is 27.2 Å². The normalized spacial score (nSPS) is 17.4. The molecule has 0 bridgehead atoms. The van der Waals surface area contributed by atoms with E-state index in [-0.39, 0.29) is 29.7 Å². The predicted molar refractivity (Wildman–Crippen MR) is 170 cm³/mol. The summed E-state index contributed by atoms with van der Waals surface area (Å²) in [5.41, 5.74) is 4.67. The van der Waals surface area contributed by atoms with E-state index in [2.05, 4.69) is 10.3 Å². The van der Waals surface area contributed by atoms with Gasteiger partial charge in [0, 0.05) is 23.3 Å². The van der Waals surface area contributed by atoms with Crippen molar-refractivity contribution in [3.63, 3.8) is 0 Å². The molecule has 2 aromatic heterocycles. The Morgan fingerprint density at radius 2 is 1.64 bits per heavy atom. The van der Waals surface area contributed by atoms with E-state index in [1.165, 1.54) is 18.9 Å². The molecule has 1 amide bonds. The van der Waals surface area contributed by atoms with Gasteiger partial charge in [-0.2, -0.15) is 13.2 Å². The number of fused-ring (bicyclic) bond motifs is 3. The van der Waals surface area contributed by atoms with Crippen LogP contribution in [0.2, 0.25) is 0 Å². The number of alkyl halides is 3. The second kappa shape index (κ2) is 13.4. The number of benzene rings is 2. The lowest BCUT2D eigenvalue weighted by Gasteiger charge is -2.28. The Labute approximate surface area is 262 Å². The number of hydrogen-bond donors (Lipinski definition) is 2. The quantitative estimate of drug-likeness (QED) is 0.196. The number of amides is 1. The average Bonchev–Trinajstić information content (AvgIpc) is 3.16. The second-order valence-corrected chi connectivity index (χ2v) is 12.9. The number of rotatable bonds is 8. The van der Waals surface area contributed by atoms with Crippen molar-refractivity contribution in [2.75, 3.05) is 6.61 Å². The number of pyridine rings is 1. The number of carbonyl (C=O) groups is 1. The average molecular weight is 618 g/mol. The Hall–Kier alpha value is -3.65. The number of halogens is 3. The zero-order chi connectivity index (χ0) is 31.6.